The Morgan fingerprint density at radius 3 is 2.36 bits per heavy atom. The maximum Gasteiger partial charge on any atom is 0.474 e. The fourth-order valence-corrected chi connectivity index (χ4v) is 4.38. The highest BCUT2D eigenvalue weighted by Crippen LogP contribution is 2.49. The molecule has 1 aromatic carbocycles. The van der Waals surface area contributed by atoms with Gasteiger partial charge in [0.05, 0.1) is 20.3 Å². The first kappa shape index (κ1) is 27.4. The Hall–Kier alpha value is -1.85. The maximum absolute atomic E-state index is 12.3. The van der Waals surface area contributed by atoms with Crippen LogP contribution in [0.25, 0.3) is 0 Å². The lowest BCUT2D eigenvalue weighted by molar-refractivity contribution is -0.213. The highest BCUT2D eigenvalue weighted by Gasteiger charge is 2.52. The zero-order chi connectivity index (χ0) is 24.5. The van der Waals surface area contributed by atoms with Gasteiger partial charge in [-0.2, -0.15) is 0 Å². The van der Waals surface area contributed by atoms with Crippen LogP contribution in [-0.2, 0) is 53.3 Å². The van der Waals surface area contributed by atoms with Gasteiger partial charge in [0.2, 0.25) is 0 Å². The minimum Gasteiger partial charge on any atom is -0.467 e. The second-order valence-electron chi connectivity index (χ2n) is 7.53. The number of phosphoric acid groups is 1. The summed E-state index contributed by atoms with van der Waals surface area (Å²) in [4.78, 5) is 24.1. The van der Waals surface area contributed by atoms with Crippen molar-refractivity contribution in [3.8, 4) is 0 Å². The van der Waals surface area contributed by atoms with Crippen molar-refractivity contribution < 1.29 is 51.8 Å². The van der Waals surface area contributed by atoms with Crippen molar-refractivity contribution in [3.05, 3.63) is 35.9 Å². The number of carbonyl (C=O) groups is 2. The Labute approximate surface area is 192 Å². The number of esters is 2. The summed E-state index contributed by atoms with van der Waals surface area (Å²) in [5.41, 5.74) is -1.03. The summed E-state index contributed by atoms with van der Waals surface area (Å²) in [5, 5.41) is 11.0. The van der Waals surface area contributed by atoms with Crippen molar-refractivity contribution in [2.75, 3.05) is 34.7 Å². The summed E-state index contributed by atoms with van der Waals surface area (Å²) in [6, 6.07) is 9.40. The largest absolute Gasteiger partial charge is 0.474 e. The van der Waals surface area contributed by atoms with Crippen molar-refractivity contribution in [1.82, 2.24) is 0 Å². The molecule has 1 N–H and O–H groups in total. The second-order valence-corrected chi connectivity index (χ2v) is 9.41. The summed E-state index contributed by atoms with van der Waals surface area (Å²) in [7, 11) is -0.422. The van der Waals surface area contributed by atoms with E-state index >= 15 is 0 Å². The SMILES string of the molecule is COC(=O)[C@]1(O)C[C@@H](COP(=O)(OC)OC)[C@@H](OC(C)=O)[C@H](OCOCc2ccccc2)C1. The van der Waals surface area contributed by atoms with Crippen molar-refractivity contribution in [2.24, 2.45) is 5.92 Å². The van der Waals surface area contributed by atoms with E-state index in [0.717, 1.165) is 26.9 Å². The number of rotatable bonds is 12. The van der Waals surface area contributed by atoms with E-state index in [-0.39, 0.29) is 32.8 Å². The molecular formula is C21H31O11P. The number of benzene rings is 1. The molecule has 1 saturated carbocycles. The standard InChI is InChI=1S/C21H31O11P/c1-15(22)32-19-17(13-31-33(25,27-3)28-4)10-21(24,20(23)26-2)11-18(19)30-14-29-12-16-8-6-5-7-9-16/h5-9,17-19,24H,10-14H2,1-4H3/t17-,18+,19+,21-/m0/s1. The van der Waals surface area contributed by atoms with Gasteiger partial charge in [0.25, 0.3) is 0 Å². The van der Waals surface area contributed by atoms with Gasteiger partial charge in [0.1, 0.15) is 19.0 Å². The van der Waals surface area contributed by atoms with Crippen LogP contribution in [0.15, 0.2) is 30.3 Å². The van der Waals surface area contributed by atoms with Crippen LogP contribution >= 0.6 is 7.82 Å². The van der Waals surface area contributed by atoms with Crippen LogP contribution < -0.4 is 0 Å². The van der Waals surface area contributed by atoms with Gasteiger partial charge in [-0.05, 0) is 12.0 Å². The topological polar surface area (TPSA) is 136 Å². The Kier molecular flexibility index (Phi) is 10.4. The third kappa shape index (κ3) is 7.86. The van der Waals surface area contributed by atoms with Gasteiger partial charge in [-0.3, -0.25) is 18.4 Å². The molecule has 0 aliphatic heterocycles. The lowest BCUT2D eigenvalue weighted by atomic mass is 9.74. The molecule has 1 aliphatic rings. The van der Waals surface area contributed by atoms with E-state index in [0.29, 0.717) is 0 Å². The molecule has 1 fully saturated rings. The summed E-state index contributed by atoms with van der Waals surface area (Å²) in [6.07, 6.45) is -2.29. The lowest BCUT2D eigenvalue weighted by Gasteiger charge is -2.43. The molecule has 0 aromatic heterocycles. The van der Waals surface area contributed by atoms with E-state index < -0.39 is 43.5 Å². The van der Waals surface area contributed by atoms with Crippen LogP contribution in [0.1, 0.15) is 25.3 Å². The van der Waals surface area contributed by atoms with Gasteiger partial charge in [-0.25, -0.2) is 9.36 Å². The lowest BCUT2D eigenvalue weighted by Crippen LogP contribution is -2.57. The molecule has 12 heteroatoms. The van der Waals surface area contributed by atoms with Gasteiger partial charge >= 0.3 is 19.8 Å². The molecule has 1 aromatic rings. The van der Waals surface area contributed by atoms with E-state index in [2.05, 4.69) is 0 Å². The first-order valence-electron chi connectivity index (χ1n) is 10.2. The number of methoxy groups -OCH3 is 1. The zero-order valence-electron chi connectivity index (χ0n) is 19.1. The van der Waals surface area contributed by atoms with Crippen LogP contribution in [0.4, 0.5) is 0 Å². The summed E-state index contributed by atoms with van der Waals surface area (Å²) >= 11 is 0. The van der Waals surface area contributed by atoms with Gasteiger partial charge in [0, 0.05) is 33.5 Å². The maximum atomic E-state index is 12.3. The molecule has 11 nitrogen and oxygen atoms in total. The van der Waals surface area contributed by atoms with E-state index in [1.165, 1.54) is 6.92 Å². The third-order valence-electron chi connectivity index (χ3n) is 5.21. The fraction of sp³-hybridized carbons (Fsp3) is 0.619. The quantitative estimate of drug-likeness (QED) is 0.200. The van der Waals surface area contributed by atoms with Gasteiger partial charge < -0.3 is 24.1 Å². The van der Waals surface area contributed by atoms with Gasteiger partial charge in [0.15, 0.2) is 5.60 Å². The fourth-order valence-electron chi connectivity index (χ4n) is 3.65. The molecule has 0 spiro atoms. The Morgan fingerprint density at radius 1 is 1.12 bits per heavy atom. The van der Waals surface area contributed by atoms with E-state index in [1.54, 1.807) is 0 Å². The molecule has 0 saturated heterocycles. The van der Waals surface area contributed by atoms with Crippen molar-refractivity contribution in [1.29, 1.82) is 0 Å². The average Bonchev–Trinajstić information content (AvgIpc) is 2.81. The van der Waals surface area contributed by atoms with E-state index in [4.69, 9.17) is 32.5 Å². The molecule has 33 heavy (non-hydrogen) atoms. The van der Waals surface area contributed by atoms with E-state index in [1.807, 2.05) is 30.3 Å². The Balaban J connectivity index is 2.17. The summed E-state index contributed by atoms with van der Waals surface area (Å²) in [5.74, 6) is -2.28. The van der Waals surface area contributed by atoms with Crippen LogP contribution in [0.3, 0.4) is 0 Å². The molecule has 0 heterocycles. The molecule has 0 amide bonds. The van der Waals surface area contributed by atoms with Crippen LogP contribution in [0.2, 0.25) is 0 Å². The molecule has 0 unspecified atom stereocenters. The predicted molar refractivity (Wildman–Crippen MR) is 114 cm³/mol. The minimum absolute atomic E-state index is 0.198. The molecule has 4 atom stereocenters. The third-order valence-corrected chi connectivity index (χ3v) is 6.57. The monoisotopic (exact) mass is 490 g/mol. The molecule has 1 aliphatic carbocycles. The second kappa shape index (κ2) is 12.6. The van der Waals surface area contributed by atoms with Crippen molar-refractivity contribution in [3.63, 3.8) is 0 Å². The van der Waals surface area contributed by atoms with Crippen molar-refractivity contribution >= 4 is 19.8 Å². The Bertz CT molecular complexity index is 810. The number of ether oxygens (including phenoxy) is 4. The highest BCUT2D eigenvalue weighted by atomic mass is 31.2. The highest BCUT2D eigenvalue weighted by molar-refractivity contribution is 7.48. The number of hydrogen-bond donors (Lipinski definition) is 1. The van der Waals surface area contributed by atoms with Crippen LogP contribution in [-0.4, -0.2) is 69.6 Å². The van der Waals surface area contributed by atoms with E-state index in [9.17, 15) is 19.3 Å². The first-order chi connectivity index (χ1) is 15.7. The van der Waals surface area contributed by atoms with Crippen LogP contribution in [0.5, 0.6) is 0 Å². The van der Waals surface area contributed by atoms with Crippen molar-refractivity contribution in [2.45, 2.75) is 44.2 Å². The number of aliphatic hydroxyl groups is 1. The molecule has 0 radical (unpaired) electrons. The predicted octanol–water partition coefficient (Wildman–Crippen LogP) is 2.21. The average molecular weight is 490 g/mol. The minimum atomic E-state index is -3.86. The summed E-state index contributed by atoms with van der Waals surface area (Å²) in [6.45, 7) is 0.972. The number of phosphoric ester groups is 1. The smallest absolute Gasteiger partial charge is 0.467 e. The zero-order valence-corrected chi connectivity index (χ0v) is 20.0. The number of carbonyl (C=O) groups excluding carboxylic acids is 2. The van der Waals surface area contributed by atoms with Gasteiger partial charge in [-0.15, -0.1) is 0 Å². The van der Waals surface area contributed by atoms with Crippen LogP contribution in [0, 0.1) is 5.92 Å². The molecular weight excluding hydrogens is 459 g/mol. The molecule has 2 rings (SSSR count). The Morgan fingerprint density at radius 2 is 1.79 bits per heavy atom. The molecule has 186 valence electrons. The van der Waals surface area contributed by atoms with Gasteiger partial charge in [-0.1, -0.05) is 30.3 Å². The summed E-state index contributed by atoms with van der Waals surface area (Å²) < 4.78 is 48.6. The normalized spacial score (nSPS) is 25.4. The first-order valence-corrected chi connectivity index (χ1v) is 11.7. The number of hydrogen-bond acceptors (Lipinski definition) is 11. The molecule has 0 bridgehead atoms.